The van der Waals surface area contributed by atoms with E-state index < -0.39 is 0 Å². The largest absolute Gasteiger partial charge is 0.462 e. The third-order valence-electron chi connectivity index (χ3n) is 3.06. The van der Waals surface area contributed by atoms with E-state index in [1.165, 1.54) is 11.8 Å². The lowest BCUT2D eigenvalue weighted by Crippen LogP contribution is -2.11. The first-order chi connectivity index (χ1) is 9.63. The second-order valence-corrected chi connectivity index (χ2v) is 5.97. The van der Waals surface area contributed by atoms with E-state index in [-0.39, 0.29) is 17.3 Å². The standard InChI is InChI=1S/C13H14N4O2S/c1-8-4-3-5-10(6-8)17-13(14-15-16-17)20-11-7-9(2)19-12(11)18/h3-6,9,11H,7H2,1-2H3/t9-,11+/m0/s1. The summed E-state index contributed by atoms with van der Waals surface area (Å²) in [7, 11) is 0. The molecule has 1 aromatic carbocycles. The third kappa shape index (κ3) is 2.53. The number of hydrogen-bond acceptors (Lipinski definition) is 6. The van der Waals surface area contributed by atoms with Crippen LogP contribution < -0.4 is 0 Å². The average Bonchev–Trinajstić information content (AvgIpc) is 2.97. The van der Waals surface area contributed by atoms with E-state index in [9.17, 15) is 4.79 Å². The second-order valence-electron chi connectivity index (χ2n) is 4.80. The first kappa shape index (κ1) is 13.1. The Hall–Kier alpha value is -1.89. The predicted molar refractivity (Wildman–Crippen MR) is 73.7 cm³/mol. The Labute approximate surface area is 120 Å². The van der Waals surface area contributed by atoms with Crippen LogP contribution in [0.1, 0.15) is 18.9 Å². The van der Waals surface area contributed by atoms with Crippen molar-refractivity contribution in [3.63, 3.8) is 0 Å². The maximum absolute atomic E-state index is 11.7. The summed E-state index contributed by atoms with van der Waals surface area (Å²) in [6.45, 7) is 3.90. The van der Waals surface area contributed by atoms with Gasteiger partial charge in [0.15, 0.2) is 0 Å². The van der Waals surface area contributed by atoms with Crippen molar-refractivity contribution in [2.45, 2.75) is 36.8 Å². The molecular weight excluding hydrogens is 276 g/mol. The highest BCUT2D eigenvalue weighted by Crippen LogP contribution is 2.31. The highest BCUT2D eigenvalue weighted by molar-refractivity contribution is 8.00. The number of cyclic esters (lactones) is 1. The lowest BCUT2D eigenvalue weighted by molar-refractivity contribution is -0.140. The van der Waals surface area contributed by atoms with Gasteiger partial charge in [-0.15, -0.1) is 5.10 Å². The average molecular weight is 290 g/mol. The smallest absolute Gasteiger partial charge is 0.319 e. The van der Waals surface area contributed by atoms with Gasteiger partial charge in [0.1, 0.15) is 11.4 Å². The highest BCUT2D eigenvalue weighted by Gasteiger charge is 2.34. The zero-order valence-electron chi connectivity index (χ0n) is 11.2. The number of carbonyl (C=O) groups excluding carboxylic acids is 1. The number of hydrogen-bond donors (Lipinski definition) is 0. The Kier molecular flexibility index (Phi) is 3.43. The zero-order chi connectivity index (χ0) is 14.1. The van der Waals surface area contributed by atoms with E-state index in [1.807, 2.05) is 38.1 Å². The number of tetrazole rings is 1. The molecule has 0 amide bonds. The van der Waals surface area contributed by atoms with Crippen molar-refractivity contribution in [3.05, 3.63) is 29.8 Å². The first-order valence-electron chi connectivity index (χ1n) is 6.36. The van der Waals surface area contributed by atoms with Crippen molar-refractivity contribution in [1.82, 2.24) is 20.2 Å². The Morgan fingerprint density at radius 3 is 3.00 bits per heavy atom. The number of aromatic nitrogens is 4. The van der Waals surface area contributed by atoms with Crippen LogP contribution in [0.15, 0.2) is 29.4 Å². The van der Waals surface area contributed by atoms with E-state index >= 15 is 0 Å². The van der Waals surface area contributed by atoms with E-state index in [0.29, 0.717) is 11.6 Å². The van der Waals surface area contributed by atoms with Gasteiger partial charge in [-0.25, -0.2) is 0 Å². The van der Waals surface area contributed by atoms with Crippen molar-refractivity contribution in [3.8, 4) is 5.69 Å². The normalized spacial score (nSPS) is 22.0. The van der Waals surface area contributed by atoms with Gasteiger partial charge in [0.2, 0.25) is 5.16 Å². The predicted octanol–water partition coefficient (Wildman–Crippen LogP) is 1.77. The number of benzene rings is 1. The molecule has 1 aliphatic heterocycles. The van der Waals surface area contributed by atoms with E-state index in [0.717, 1.165) is 11.3 Å². The summed E-state index contributed by atoms with van der Waals surface area (Å²) in [6, 6.07) is 7.89. The number of aryl methyl sites for hydroxylation is 1. The Morgan fingerprint density at radius 1 is 1.45 bits per heavy atom. The zero-order valence-corrected chi connectivity index (χ0v) is 12.0. The molecule has 1 aromatic heterocycles. The van der Waals surface area contributed by atoms with Crippen molar-refractivity contribution in [2.24, 2.45) is 0 Å². The van der Waals surface area contributed by atoms with Gasteiger partial charge in [-0.3, -0.25) is 4.79 Å². The van der Waals surface area contributed by atoms with Crippen LogP contribution in [0, 0.1) is 6.92 Å². The van der Waals surface area contributed by atoms with Crippen LogP contribution in [0.4, 0.5) is 0 Å². The summed E-state index contributed by atoms with van der Waals surface area (Å²) in [5, 5.41) is 12.1. The molecule has 3 rings (SSSR count). The minimum absolute atomic E-state index is 0.0386. The van der Waals surface area contributed by atoms with Gasteiger partial charge in [-0.2, -0.15) is 4.68 Å². The molecule has 1 fully saturated rings. The summed E-state index contributed by atoms with van der Waals surface area (Å²) >= 11 is 1.35. The second kappa shape index (κ2) is 5.24. The molecule has 0 radical (unpaired) electrons. The monoisotopic (exact) mass is 290 g/mol. The molecule has 0 spiro atoms. The lowest BCUT2D eigenvalue weighted by atomic mass is 10.2. The van der Waals surface area contributed by atoms with Gasteiger partial charge in [0.05, 0.1) is 5.69 Å². The Balaban J connectivity index is 1.86. The molecule has 0 N–H and O–H groups in total. The van der Waals surface area contributed by atoms with Crippen LogP contribution in [-0.4, -0.2) is 37.5 Å². The minimum atomic E-state index is -0.237. The van der Waals surface area contributed by atoms with Gasteiger partial charge >= 0.3 is 5.97 Å². The van der Waals surface area contributed by atoms with E-state index in [4.69, 9.17) is 4.74 Å². The molecule has 1 saturated heterocycles. The molecule has 2 heterocycles. The van der Waals surface area contributed by atoms with Gasteiger partial charge in [0.25, 0.3) is 0 Å². The fourth-order valence-electron chi connectivity index (χ4n) is 2.12. The van der Waals surface area contributed by atoms with Crippen LogP contribution in [-0.2, 0) is 9.53 Å². The van der Waals surface area contributed by atoms with Crippen molar-refractivity contribution < 1.29 is 9.53 Å². The van der Waals surface area contributed by atoms with Gasteiger partial charge in [-0.1, -0.05) is 23.9 Å². The lowest BCUT2D eigenvalue weighted by Gasteiger charge is -2.06. The van der Waals surface area contributed by atoms with E-state index in [1.54, 1.807) is 4.68 Å². The summed E-state index contributed by atoms with van der Waals surface area (Å²) < 4.78 is 6.80. The van der Waals surface area contributed by atoms with E-state index in [2.05, 4.69) is 15.5 Å². The van der Waals surface area contributed by atoms with Crippen molar-refractivity contribution in [1.29, 1.82) is 0 Å². The molecule has 0 aliphatic carbocycles. The number of rotatable bonds is 3. The van der Waals surface area contributed by atoms with Gasteiger partial charge in [0, 0.05) is 6.42 Å². The molecule has 2 atom stereocenters. The molecule has 0 bridgehead atoms. The number of thioether (sulfide) groups is 1. The van der Waals surface area contributed by atoms with Crippen molar-refractivity contribution >= 4 is 17.7 Å². The molecule has 0 saturated carbocycles. The van der Waals surface area contributed by atoms with Crippen LogP contribution in [0.3, 0.4) is 0 Å². The van der Waals surface area contributed by atoms with Crippen molar-refractivity contribution in [2.75, 3.05) is 0 Å². The summed E-state index contributed by atoms with van der Waals surface area (Å²) in [5.41, 5.74) is 2.01. The highest BCUT2D eigenvalue weighted by atomic mass is 32.2. The molecule has 7 heteroatoms. The van der Waals surface area contributed by atoms with Crippen LogP contribution in [0.5, 0.6) is 0 Å². The van der Waals surface area contributed by atoms with Gasteiger partial charge < -0.3 is 4.74 Å². The molecule has 2 aromatic rings. The van der Waals surface area contributed by atoms with Gasteiger partial charge in [-0.05, 0) is 42.0 Å². The SMILES string of the molecule is Cc1cccc(-n2nnnc2S[C@@H]2C[C@H](C)OC2=O)c1. The summed E-state index contributed by atoms with van der Waals surface area (Å²) in [5.74, 6) is -0.193. The topological polar surface area (TPSA) is 69.9 Å². The molecule has 0 unspecified atom stereocenters. The van der Waals surface area contributed by atoms with Crippen LogP contribution in [0.25, 0.3) is 5.69 Å². The summed E-state index contributed by atoms with van der Waals surface area (Å²) in [4.78, 5) is 11.7. The molecule has 20 heavy (non-hydrogen) atoms. The summed E-state index contributed by atoms with van der Waals surface area (Å²) in [6.07, 6.45) is 0.646. The molecular formula is C13H14N4O2S. The number of ether oxygens (including phenoxy) is 1. The van der Waals surface area contributed by atoms with Crippen LogP contribution in [0.2, 0.25) is 0 Å². The molecule has 6 nitrogen and oxygen atoms in total. The maximum Gasteiger partial charge on any atom is 0.319 e. The Bertz CT molecular complexity index is 643. The molecule has 1 aliphatic rings. The number of esters is 1. The fraction of sp³-hybridized carbons (Fsp3) is 0.385. The number of nitrogens with zero attached hydrogens (tertiary/aromatic N) is 4. The fourth-order valence-corrected chi connectivity index (χ4v) is 3.22. The number of carbonyl (C=O) groups is 1. The Morgan fingerprint density at radius 2 is 2.30 bits per heavy atom. The quantitative estimate of drug-likeness (QED) is 0.802. The first-order valence-corrected chi connectivity index (χ1v) is 7.24. The minimum Gasteiger partial charge on any atom is -0.462 e. The molecule has 104 valence electrons. The van der Waals surface area contributed by atoms with Crippen LogP contribution >= 0.6 is 11.8 Å². The maximum atomic E-state index is 11.7. The third-order valence-corrected chi connectivity index (χ3v) is 4.20.